The number of carboxylic acid groups (broad SMARTS) is 1. The van der Waals surface area contributed by atoms with Gasteiger partial charge in [0.05, 0.1) is 127 Å². The van der Waals surface area contributed by atoms with Gasteiger partial charge in [0.1, 0.15) is 57.6 Å². The molecular weight excluding hydrogens is 1950 g/mol. The van der Waals surface area contributed by atoms with Gasteiger partial charge in [0.25, 0.3) is 11.8 Å². The summed E-state index contributed by atoms with van der Waals surface area (Å²) in [6.45, 7) is 23.7. The standard InChI is InChI=1S/C25H28N6O2.C24H25N5O3.C23H23N5O3.C18H21N5O.C17H19N4O.3CH3.Sn/c1-16(2)28-24-22-21(11-13-27-24)31(15-17-6-8-19(33-5)9-7-17)29-23(22)20-14-18(10-12-26-20)25(32)30(3)4;1-15(2)27-23-21-20(10-12-26-23)29(14-16-5-7-18(31-3)8-6-16)28-22(21)19-13-17(9-11-25-19)24(30)32-4;1-14(2)26-22-20-19(9-11-25-22)28(13-15-4-6-17(31-3)7-5-15)27-21(20)18-12-16(23(29)30)8-10-24-18;1-11(2)22-17-15-13(6-8-20-17)10-21-16(15)14-9-12(5-7-19-14)18(24)23(3)4;1-12(2)20-17-15-10-19-21(16(15)8-9-18-17)11-13-4-6-14(22-3)7-5-13;;;;/h6-14,16H,15H2,1-5H3,(H,27,28);5-13,15H,14H2,1-4H3,(H,26,27);4-12,14H,13H2,1-3H3,(H,25,26)(H,29,30);5-9,11H,10H2,1-4H3,(H,20,22);4-9,12H,11H2,1-3H3,(H,18,20);3*1H3;. The van der Waals surface area contributed by atoms with Crippen LogP contribution in [0.1, 0.15) is 150 Å². The van der Waals surface area contributed by atoms with Gasteiger partial charge in [-0.2, -0.15) is 15.3 Å². The number of hydrogen-bond donors (Lipinski definition) is 6. The number of nitrogens with zero attached hydrogens (tertiary/aromatic N) is 20. The number of rotatable bonds is 31. The monoisotopic (exact) mass is 2080 g/mol. The fraction of sp³-hybridized carbons (Fsp3) is 0.291. The number of hydrogen-bond acceptors (Lipinski definition) is 28. The zero-order chi connectivity index (χ0) is 104. The Balaban J connectivity index is 0.000000145. The number of aliphatic imine (C=N–C) groups is 1. The third-order valence-electron chi connectivity index (χ3n) is 23.1. The van der Waals surface area contributed by atoms with Crippen LogP contribution in [-0.2, 0) is 37.5 Å². The second-order valence-corrected chi connectivity index (χ2v) is 51.8. The Bertz CT molecular complexity index is 7500. The molecule has 4 aromatic carbocycles. The first-order valence-corrected chi connectivity index (χ1v) is 58.0. The van der Waals surface area contributed by atoms with Crippen LogP contribution in [0, 0.1) is 0 Å². The number of nitrogens with one attached hydrogen (secondary N) is 5. The van der Waals surface area contributed by atoms with Crippen LogP contribution >= 0.6 is 0 Å². The van der Waals surface area contributed by atoms with Gasteiger partial charge in [0.2, 0.25) is 0 Å². The van der Waals surface area contributed by atoms with Gasteiger partial charge in [-0.3, -0.25) is 48.6 Å². The molecule has 13 aromatic heterocycles. The molecule has 36 heteroatoms. The molecule has 1 aliphatic heterocycles. The molecule has 35 nitrogen and oxygen atoms in total. The summed E-state index contributed by atoms with van der Waals surface area (Å²) in [6, 6.07) is 56.1. The summed E-state index contributed by atoms with van der Waals surface area (Å²) in [7, 11) is 14.9. The minimum absolute atomic E-state index is 0.0517. The molecule has 0 saturated heterocycles. The number of carboxylic acids is 1. The van der Waals surface area contributed by atoms with Crippen LogP contribution in [0.25, 0.3) is 77.8 Å². The summed E-state index contributed by atoms with van der Waals surface area (Å²) in [4.78, 5) is 104. The van der Waals surface area contributed by atoms with Crippen molar-refractivity contribution in [1.82, 2.24) is 93.8 Å². The van der Waals surface area contributed by atoms with E-state index in [0.717, 1.165) is 125 Å². The van der Waals surface area contributed by atoms with E-state index in [1.807, 2.05) is 143 Å². The Morgan fingerprint density at radius 1 is 0.349 bits per heavy atom. The third-order valence-corrected chi connectivity index (χ3v) is 28.2. The van der Waals surface area contributed by atoms with Crippen LogP contribution in [0.5, 0.6) is 23.0 Å². The number of pyridine rings is 9. The molecule has 17 aromatic rings. The molecule has 0 radical (unpaired) electrons. The maximum Gasteiger partial charge on any atom is 0.335 e. The Labute approximate surface area is 853 Å². The molecule has 2 amide bonds. The smallest absolute Gasteiger partial charge is 0.335 e. The predicted octanol–water partition coefficient (Wildman–Crippen LogP) is 18.5. The minimum atomic E-state index is -2.42. The molecule has 146 heavy (non-hydrogen) atoms. The fourth-order valence-electron chi connectivity index (χ4n) is 16.3. The summed E-state index contributed by atoms with van der Waals surface area (Å²) in [5.41, 5.74) is 17.2. The number of carbonyl (C=O) groups is 4. The maximum atomic E-state index is 12.5. The topological polar surface area (TPSA) is 401 Å². The van der Waals surface area contributed by atoms with Crippen molar-refractivity contribution in [3.8, 4) is 57.2 Å². The summed E-state index contributed by atoms with van der Waals surface area (Å²) in [5.74, 6) is 5.62. The van der Waals surface area contributed by atoms with Crippen molar-refractivity contribution in [2.24, 2.45) is 4.99 Å². The van der Waals surface area contributed by atoms with Crippen LogP contribution in [0.15, 0.2) is 237 Å². The molecule has 0 fully saturated rings. The van der Waals surface area contributed by atoms with E-state index < -0.39 is 30.3 Å². The van der Waals surface area contributed by atoms with Gasteiger partial charge in [-0.05, 0) is 187 Å². The molecule has 0 atom stereocenters. The van der Waals surface area contributed by atoms with Gasteiger partial charge >= 0.3 is 172 Å². The quantitative estimate of drug-likeness (QED) is 0.0174. The summed E-state index contributed by atoms with van der Waals surface area (Å²) in [6.07, 6.45) is 15.3. The van der Waals surface area contributed by atoms with E-state index in [-0.39, 0.29) is 41.5 Å². The molecule has 0 unspecified atom stereocenters. The van der Waals surface area contributed by atoms with Gasteiger partial charge in [-0.15, -0.1) is 0 Å². The first-order valence-electron chi connectivity index (χ1n) is 48.0. The van der Waals surface area contributed by atoms with Crippen LogP contribution < -0.4 is 49.2 Å². The van der Waals surface area contributed by atoms with Crippen molar-refractivity contribution in [3.63, 3.8) is 0 Å². The second kappa shape index (κ2) is 47.7. The molecule has 0 aliphatic carbocycles. The molecule has 754 valence electrons. The largest absolute Gasteiger partial charge is 0.497 e. The molecular formula is C110H125N25O10Sn. The first-order chi connectivity index (χ1) is 70.1. The number of methoxy groups -OCH3 is 5. The van der Waals surface area contributed by atoms with Crippen molar-refractivity contribution in [3.05, 3.63) is 293 Å². The third kappa shape index (κ3) is 25.6. The summed E-state index contributed by atoms with van der Waals surface area (Å²) in [5, 5.41) is 49.9. The van der Waals surface area contributed by atoms with E-state index in [4.69, 9.17) is 44.1 Å². The van der Waals surface area contributed by atoms with Gasteiger partial charge in [0, 0.05) is 119 Å². The average Bonchev–Trinajstić information content (AvgIpc) is 1.62. The van der Waals surface area contributed by atoms with Crippen LogP contribution in [-0.4, -0.2) is 241 Å². The molecule has 14 heterocycles. The van der Waals surface area contributed by atoms with Crippen molar-refractivity contribution >= 4 is 124 Å². The van der Waals surface area contributed by atoms with Crippen molar-refractivity contribution in [2.45, 2.75) is 147 Å². The normalized spacial score (nSPS) is 11.5. The van der Waals surface area contributed by atoms with Crippen LogP contribution in [0.3, 0.4) is 0 Å². The molecule has 6 N–H and O–H groups in total. The van der Waals surface area contributed by atoms with Crippen LogP contribution in [0.4, 0.5) is 29.1 Å². The fourth-order valence-corrected chi connectivity index (χ4v) is 20.4. The molecule has 18 rings (SSSR count). The van der Waals surface area contributed by atoms with Gasteiger partial charge in [-0.1, -0.05) is 36.4 Å². The number of benzene rings is 4. The second-order valence-electron chi connectivity index (χ2n) is 37.7. The van der Waals surface area contributed by atoms with Gasteiger partial charge in [-0.25, -0.2) is 29.5 Å². The maximum absolute atomic E-state index is 12.5. The number of esters is 1. The molecule has 0 spiro atoms. The molecule has 1 aliphatic rings. The van der Waals surface area contributed by atoms with E-state index in [1.165, 1.54) is 40.1 Å². The summed E-state index contributed by atoms with van der Waals surface area (Å²) >= 11 is -2.42. The molecule has 0 saturated carbocycles. The summed E-state index contributed by atoms with van der Waals surface area (Å²) < 4.78 is 35.1. The predicted molar refractivity (Wildman–Crippen MR) is 577 cm³/mol. The number of amides is 2. The Morgan fingerprint density at radius 3 is 0.959 bits per heavy atom. The number of fused-ring (bicyclic) bond motifs is 5. The first kappa shape index (κ1) is 105. The zero-order valence-corrected chi connectivity index (χ0v) is 89.3. The zero-order valence-electron chi connectivity index (χ0n) is 86.4. The van der Waals surface area contributed by atoms with E-state index >= 15 is 0 Å². The van der Waals surface area contributed by atoms with E-state index in [1.54, 1.807) is 146 Å². The number of aromatic nitrogens is 17. The van der Waals surface area contributed by atoms with Crippen molar-refractivity contribution < 1.29 is 48.0 Å². The molecule has 0 bridgehead atoms. The van der Waals surface area contributed by atoms with Gasteiger partial charge < -0.3 is 55.1 Å². The SMILES string of the molecule is CC(C)Nc1nccc2c1C(c1cc(C(=O)N(C)C)ccn1)=NC2.COC(=O)c1ccnc(-c2nn(Cc3ccc(OC)cc3)c3ccnc(NC(C)C)c23)c1.COc1ccc(Cn2n[c]([Sn]([CH3])([CH3])[CH3])c3c(NC(C)C)nccc32)cc1.COc1ccc(Cn2nc(-c3cc(C(=O)N(C)C)ccn3)c3c(NC(C)C)nccc32)cc1.COc1ccc(Cn2nc(-c3cc(C(=O)O)ccn3)c3c(NC(C)C)nccc32)cc1. The van der Waals surface area contributed by atoms with Crippen molar-refractivity contribution in [1.29, 1.82) is 0 Å². The van der Waals surface area contributed by atoms with E-state index in [0.29, 0.717) is 94.6 Å². The minimum Gasteiger partial charge on any atom is -0.497 e. The van der Waals surface area contributed by atoms with Crippen LogP contribution in [0.2, 0.25) is 14.8 Å². The van der Waals surface area contributed by atoms with E-state index in [9.17, 15) is 24.3 Å². The van der Waals surface area contributed by atoms with E-state index in [2.05, 4.69) is 170 Å². The Hall–Kier alpha value is -16.3. The number of carbonyl (C=O) groups excluding carboxylic acids is 3. The Morgan fingerprint density at radius 2 is 0.630 bits per heavy atom. The average molecular weight is 2080 g/mol. The Kier molecular flexibility index (Phi) is 34.5. The van der Waals surface area contributed by atoms with Gasteiger partial charge in [0.15, 0.2) is 0 Å². The van der Waals surface area contributed by atoms with Crippen molar-refractivity contribution in [2.75, 3.05) is 90.3 Å². The number of anilines is 5. The number of aromatic carboxylic acids is 1. The number of ether oxygens (including phenoxy) is 5.